The number of phenolic OH excluding ortho intramolecular Hbond substituents is 3. The first-order valence-electron chi connectivity index (χ1n) is 7.98. The van der Waals surface area contributed by atoms with Gasteiger partial charge in [-0.15, -0.1) is 0 Å². The van der Waals surface area contributed by atoms with Gasteiger partial charge in [-0.2, -0.15) is 0 Å². The lowest BCUT2D eigenvalue weighted by atomic mass is 10.1. The Labute approximate surface area is 146 Å². The Balaban J connectivity index is 1.69. The van der Waals surface area contributed by atoms with E-state index >= 15 is 0 Å². The summed E-state index contributed by atoms with van der Waals surface area (Å²) in [6.07, 6.45) is 0. The molecule has 5 nitrogen and oxygen atoms in total. The van der Waals surface area contributed by atoms with E-state index in [1.807, 2.05) is 30.3 Å². The highest BCUT2D eigenvalue weighted by Gasteiger charge is 2.08. The average molecular weight is 336 g/mol. The highest BCUT2D eigenvalue weighted by atomic mass is 16.3. The second-order valence-electron chi connectivity index (χ2n) is 5.67. The van der Waals surface area contributed by atoms with E-state index in [1.165, 1.54) is 0 Å². The van der Waals surface area contributed by atoms with E-state index in [0.717, 1.165) is 5.56 Å². The Kier molecular flexibility index (Phi) is 4.95. The van der Waals surface area contributed by atoms with Gasteiger partial charge in [0.05, 0.1) is 11.4 Å². The van der Waals surface area contributed by atoms with Crippen molar-refractivity contribution in [2.75, 3.05) is 10.6 Å². The highest BCUT2D eigenvalue weighted by Crippen LogP contribution is 2.30. The summed E-state index contributed by atoms with van der Waals surface area (Å²) >= 11 is 0. The lowest BCUT2D eigenvalue weighted by Crippen LogP contribution is -2.03. The van der Waals surface area contributed by atoms with Crippen molar-refractivity contribution in [3.63, 3.8) is 0 Å². The molecule has 0 spiro atoms. The van der Waals surface area contributed by atoms with Crippen LogP contribution in [0, 0.1) is 0 Å². The molecule has 5 N–H and O–H groups in total. The van der Waals surface area contributed by atoms with Crippen LogP contribution >= 0.6 is 0 Å². The molecule has 0 saturated carbocycles. The predicted molar refractivity (Wildman–Crippen MR) is 99.0 cm³/mol. The van der Waals surface area contributed by atoms with Gasteiger partial charge >= 0.3 is 0 Å². The molecule has 0 aliphatic rings. The Morgan fingerprint density at radius 2 is 1.12 bits per heavy atom. The van der Waals surface area contributed by atoms with Crippen LogP contribution in [-0.2, 0) is 13.1 Å². The van der Waals surface area contributed by atoms with Gasteiger partial charge in [0.1, 0.15) is 17.2 Å². The maximum Gasteiger partial charge on any atom is 0.143 e. The van der Waals surface area contributed by atoms with E-state index in [9.17, 15) is 15.3 Å². The van der Waals surface area contributed by atoms with E-state index < -0.39 is 0 Å². The van der Waals surface area contributed by atoms with Crippen molar-refractivity contribution >= 4 is 11.4 Å². The first-order chi connectivity index (χ1) is 12.1. The lowest BCUT2D eigenvalue weighted by molar-refractivity contribution is 0.466. The highest BCUT2D eigenvalue weighted by molar-refractivity contribution is 5.61. The number of benzene rings is 3. The molecule has 0 unspecified atom stereocenters. The van der Waals surface area contributed by atoms with Crippen LogP contribution < -0.4 is 10.6 Å². The second-order valence-corrected chi connectivity index (χ2v) is 5.67. The van der Waals surface area contributed by atoms with Gasteiger partial charge in [0.25, 0.3) is 0 Å². The number of aromatic hydroxyl groups is 3. The first kappa shape index (κ1) is 16.5. The van der Waals surface area contributed by atoms with Crippen LogP contribution in [0.2, 0.25) is 0 Å². The van der Waals surface area contributed by atoms with Gasteiger partial charge in [-0.1, -0.05) is 42.5 Å². The summed E-state index contributed by atoms with van der Waals surface area (Å²) in [5, 5.41) is 36.3. The van der Waals surface area contributed by atoms with Crippen molar-refractivity contribution in [1.82, 2.24) is 0 Å². The van der Waals surface area contributed by atoms with Crippen LogP contribution in [0.1, 0.15) is 11.1 Å². The Morgan fingerprint density at radius 1 is 0.560 bits per heavy atom. The maximum absolute atomic E-state index is 10.5. The van der Waals surface area contributed by atoms with Crippen molar-refractivity contribution in [3.8, 4) is 17.2 Å². The molecule has 0 fully saturated rings. The fourth-order valence-electron chi connectivity index (χ4n) is 2.54. The first-order valence-corrected chi connectivity index (χ1v) is 7.98. The summed E-state index contributed by atoms with van der Waals surface area (Å²) in [7, 11) is 0. The summed E-state index contributed by atoms with van der Waals surface area (Å²) in [6.45, 7) is 0.770. The van der Waals surface area contributed by atoms with Crippen LogP contribution in [0.5, 0.6) is 17.2 Å². The van der Waals surface area contributed by atoms with Gasteiger partial charge in [-0.05, 0) is 24.3 Å². The molecule has 0 amide bonds. The molecule has 5 heteroatoms. The van der Waals surface area contributed by atoms with Crippen molar-refractivity contribution in [1.29, 1.82) is 0 Å². The molecule has 0 atom stereocenters. The zero-order valence-corrected chi connectivity index (χ0v) is 13.6. The number of para-hydroxylation sites is 4. The van der Waals surface area contributed by atoms with Gasteiger partial charge in [0.15, 0.2) is 0 Å². The third-order valence-electron chi connectivity index (χ3n) is 3.95. The van der Waals surface area contributed by atoms with E-state index in [-0.39, 0.29) is 17.2 Å². The molecule has 0 aliphatic heterocycles. The minimum atomic E-state index is 0.140. The molecular weight excluding hydrogens is 316 g/mol. The zero-order valence-electron chi connectivity index (χ0n) is 13.6. The molecule has 0 aliphatic carbocycles. The molecule has 3 rings (SSSR count). The largest absolute Gasteiger partial charge is 0.508 e. The summed E-state index contributed by atoms with van der Waals surface area (Å²) in [4.78, 5) is 0. The summed E-state index contributed by atoms with van der Waals surface area (Å²) in [5.41, 5.74) is 2.64. The number of rotatable bonds is 6. The maximum atomic E-state index is 10.5. The van der Waals surface area contributed by atoms with Gasteiger partial charge < -0.3 is 26.0 Å². The fraction of sp³-hybridized carbons (Fsp3) is 0.100. The van der Waals surface area contributed by atoms with E-state index in [0.29, 0.717) is 30.0 Å². The average Bonchev–Trinajstić information content (AvgIpc) is 2.62. The van der Waals surface area contributed by atoms with Crippen LogP contribution in [0.25, 0.3) is 0 Å². The zero-order chi connectivity index (χ0) is 17.6. The Hall–Kier alpha value is -3.34. The molecule has 0 radical (unpaired) electrons. The van der Waals surface area contributed by atoms with Crippen molar-refractivity contribution in [3.05, 3.63) is 77.9 Å². The Bertz CT molecular complexity index is 797. The second kappa shape index (κ2) is 7.49. The molecule has 25 heavy (non-hydrogen) atoms. The number of phenols is 3. The lowest BCUT2D eigenvalue weighted by Gasteiger charge is -2.14. The van der Waals surface area contributed by atoms with Gasteiger partial charge in [-0.3, -0.25) is 0 Å². The summed E-state index contributed by atoms with van der Waals surface area (Å²) < 4.78 is 0. The van der Waals surface area contributed by atoms with Crippen LogP contribution in [0.3, 0.4) is 0 Å². The summed E-state index contributed by atoms with van der Waals surface area (Å²) in [6, 6.07) is 19.4. The molecular formula is C20H20N2O3. The van der Waals surface area contributed by atoms with Gasteiger partial charge in [0.2, 0.25) is 0 Å². The normalized spacial score (nSPS) is 10.4. The smallest absolute Gasteiger partial charge is 0.143 e. The van der Waals surface area contributed by atoms with E-state index in [4.69, 9.17) is 0 Å². The number of hydrogen-bond acceptors (Lipinski definition) is 5. The fourth-order valence-corrected chi connectivity index (χ4v) is 2.54. The summed E-state index contributed by atoms with van der Waals surface area (Å²) in [5.74, 6) is 0.517. The van der Waals surface area contributed by atoms with E-state index in [2.05, 4.69) is 10.6 Å². The molecule has 0 aromatic heterocycles. The molecule has 128 valence electrons. The number of nitrogens with one attached hydrogen (secondary N) is 2. The van der Waals surface area contributed by atoms with E-state index in [1.54, 1.807) is 36.4 Å². The van der Waals surface area contributed by atoms with Gasteiger partial charge in [0, 0.05) is 24.2 Å². The van der Waals surface area contributed by atoms with Crippen LogP contribution in [0.15, 0.2) is 66.7 Å². The molecule has 3 aromatic rings. The van der Waals surface area contributed by atoms with Gasteiger partial charge in [-0.25, -0.2) is 0 Å². The number of anilines is 2. The monoisotopic (exact) mass is 336 g/mol. The minimum Gasteiger partial charge on any atom is -0.508 e. The molecule has 0 heterocycles. The minimum absolute atomic E-state index is 0.140. The third-order valence-corrected chi connectivity index (χ3v) is 3.95. The quantitative estimate of drug-likeness (QED) is 0.439. The SMILES string of the molecule is Oc1ccccc1CNc1cccc(CNc2ccccc2O)c1O. The number of hydrogen-bond donors (Lipinski definition) is 5. The predicted octanol–water partition coefficient (Wildman–Crippen LogP) is 4.03. The van der Waals surface area contributed by atoms with Crippen LogP contribution in [0.4, 0.5) is 11.4 Å². The van der Waals surface area contributed by atoms with Crippen molar-refractivity contribution in [2.24, 2.45) is 0 Å². The van der Waals surface area contributed by atoms with Crippen molar-refractivity contribution in [2.45, 2.75) is 13.1 Å². The molecule has 0 saturated heterocycles. The van der Waals surface area contributed by atoms with Crippen molar-refractivity contribution < 1.29 is 15.3 Å². The Morgan fingerprint density at radius 3 is 1.88 bits per heavy atom. The van der Waals surface area contributed by atoms with Crippen LogP contribution in [-0.4, -0.2) is 15.3 Å². The topological polar surface area (TPSA) is 84.8 Å². The molecule has 0 bridgehead atoms. The standard InChI is InChI=1S/C20H20N2O3/c23-18-10-3-1-6-14(18)12-22-17-9-5-7-15(20(17)25)13-21-16-8-2-4-11-19(16)24/h1-11,21-25H,12-13H2. The molecule has 3 aromatic carbocycles. The third kappa shape index (κ3) is 3.95.